The number of piperazine rings is 1. The first-order valence-corrected chi connectivity index (χ1v) is 15.0. The molecule has 2 N–H and O–H groups in total. The zero-order valence-corrected chi connectivity index (χ0v) is 24.3. The number of rotatable bonds is 11. The molecule has 38 heavy (non-hydrogen) atoms. The number of ether oxygens (including phenoxy) is 1. The second-order valence-corrected chi connectivity index (χ2v) is 11.5. The SMILES string of the molecule is CC(C)C(OP(O)O)N1C(=O)CCc2ccc(OCCCCN3CCN(c4cccc(Cl)c4Cl)CC3)cc21. The molecule has 208 valence electrons. The van der Waals surface area contributed by atoms with E-state index in [1.165, 1.54) is 0 Å². The molecule has 1 atom stereocenters. The smallest absolute Gasteiger partial charge is 0.329 e. The van der Waals surface area contributed by atoms with Gasteiger partial charge in [0.15, 0.2) is 0 Å². The molecule has 0 aliphatic carbocycles. The first-order chi connectivity index (χ1) is 18.2. The molecule has 8 nitrogen and oxygen atoms in total. The van der Waals surface area contributed by atoms with Crippen molar-refractivity contribution in [2.24, 2.45) is 5.92 Å². The Labute approximate surface area is 236 Å². The third-order valence-corrected chi connectivity index (χ3v) is 8.22. The molecule has 0 aromatic heterocycles. The normalized spacial score (nSPS) is 17.3. The van der Waals surface area contributed by atoms with Gasteiger partial charge in [-0.2, -0.15) is 0 Å². The van der Waals surface area contributed by atoms with Crippen LogP contribution in [0.4, 0.5) is 11.4 Å². The van der Waals surface area contributed by atoms with Crippen LogP contribution in [-0.2, 0) is 15.7 Å². The van der Waals surface area contributed by atoms with E-state index in [1.54, 1.807) is 4.90 Å². The minimum absolute atomic E-state index is 0.0945. The van der Waals surface area contributed by atoms with Gasteiger partial charge in [-0.15, -0.1) is 0 Å². The van der Waals surface area contributed by atoms with Gasteiger partial charge >= 0.3 is 8.60 Å². The number of carbonyl (C=O) groups is 1. The maximum atomic E-state index is 12.8. The predicted octanol–water partition coefficient (Wildman–Crippen LogP) is 5.46. The van der Waals surface area contributed by atoms with E-state index in [0.29, 0.717) is 40.9 Å². The number of unbranched alkanes of at least 4 members (excludes halogenated alkanes) is 1. The summed E-state index contributed by atoms with van der Waals surface area (Å²) in [5, 5.41) is 1.20. The van der Waals surface area contributed by atoms with Crippen LogP contribution in [0.2, 0.25) is 10.0 Å². The fraction of sp³-hybridized carbons (Fsp3) is 0.519. The second kappa shape index (κ2) is 13.6. The van der Waals surface area contributed by atoms with Gasteiger partial charge in [-0.3, -0.25) is 19.1 Å². The molecule has 1 unspecified atom stereocenters. The summed E-state index contributed by atoms with van der Waals surface area (Å²) in [7, 11) is -2.59. The largest absolute Gasteiger partial charge is 0.494 e. The highest BCUT2D eigenvalue weighted by Crippen LogP contribution is 2.39. The number of halogens is 2. The Bertz CT molecular complexity index is 1100. The summed E-state index contributed by atoms with van der Waals surface area (Å²) in [5.74, 6) is 0.472. The second-order valence-electron chi connectivity index (χ2n) is 10.0. The van der Waals surface area contributed by atoms with Crippen LogP contribution in [0.1, 0.15) is 38.7 Å². The number of hydrogen-bond donors (Lipinski definition) is 2. The molecule has 4 rings (SSSR count). The number of hydrogen-bond acceptors (Lipinski definition) is 7. The number of nitrogens with zero attached hydrogens (tertiary/aromatic N) is 3. The molecule has 2 aromatic rings. The van der Waals surface area contributed by atoms with Crippen LogP contribution in [-0.4, -0.2) is 66.2 Å². The average Bonchev–Trinajstić information content (AvgIpc) is 2.89. The van der Waals surface area contributed by atoms with Crippen LogP contribution >= 0.6 is 31.8 Å². The summed E-state index contributed by atoms with van der Waals surface area (Å²) in [5.41, 5.74) is 2.73. The van der Waals surface area contributed by atoms with Crippen molar-refractivity contribution in [2.45, 2.75) is 45.8 Å². The minimum atomic E-state index is -2.59. The summed E-state index contributed by atoms with van der Waals surface area (Å²) < 4.78 is 11.4. The van der Waals surface area contributed by atoms with Crippen molar-refractivity contribution in [2.75, 3.05) is 49.1 Å². The number of carbonyl (C=O) groups excluding carboxylic acids is 1. The fourth-order valence-corrected chi connectivity index (χ4v) is 5.93. The number of fused-ring (bicyclic) bond motifs is 1. The molecule has 2 aromatic carbocycles. The van der Waals surface area contributed by atoms with Crippen LogP contribution in [0, 0.1) is 5.92 Å². The van der Waals surface area contributed by atoms with Crippen LogP contribution in [0.5, 0.6) is 5.75 Å². The van der Waals surface area contributed by atoms with E-state index in [9.17, 15) is 14.6 Å². The third kappa shape index (κ3) is 7.30. The topological polar surface area (TPSA) is 85.7 Å². The maximum Gasteiger partial charge on any atom is 0.329 e. The van der Waals surface area contributed by atoms with Gasteiger partial charge in [0, 0.05) is 38.7 Å². The molecule has 1 saturated heterocycles. The summed E-state index contributed by atoms with van der Waals surface area (Å²) in [4.78, 5) is 38.0. The Hall–Kier alpha value is -1.64. The first-order valence-electron chi connectivity index (χ1n) is 13.1. The van der Waals surface area contributed by atoms with Crippen molar-refractivity contribution in [1.82, 2.24) is 4.90 Å². The van der Waals surface area contributed by atoms with Crippen molar-refractivity contribution >= 4 is 49.1 Å². The van der Waals surface area contributed by atoms with Gasteiger partial charge < -0.3 is 19.4 Å². The molecule has 0 radical (unpaired) electrons. The highest BCUT2D eigenvalue weighted by atomic mass is 35.5. The van der Waals surface area contributed by atoms with Gasteiger partial charge in [0.2, 0.25) is 5.91 Å². The van der Waals surface area contributed by atoms with E-state index in [-0.39, 0.29) is 11.8 Å². The van der Waals surface area contributed by atoms with Crippen LogP contribution in [0.15, 0.2) is 36.4 Å². The molecule has 1 fully saturated rings. The van der Waals surface area contributed by atoms with Crippen molar-refractivity contribution < 1.29 is 23.8 Å². The lowest BCUT2D eigenvalue weighted by atomic mass is 9.99. The lowest BCUT2D eigenvalue weighted by molar-refractivity contribution is -0.121. The van der Waals surface area contributed by atoms with E-state index < -0.39 is 14.8 Å². The Morgan fingerprint density at radius 1 is 1.00 bits per heavy atom. The molecule has 0 bridgehead atoms. The van der Waals surface area contributed by atoms with Gasteiger partial charge in [-0.05, 0) is 55.5 Å². The van der Waals surface area contributed by atoms with Crippen LogP contribution in [0.25, 0.3) is 0 Å². The van der Waals surface area contributed by atoms with Gasteiger partial charge in [0.1, 0.15) is 12.0 Å². The number of anilines is 2. The quantitative estimate of drug-likeness (QED) is 0.268. The van der Waals surface area contributed by atoms with E-state index in [1.807, 2.05) is 50.2 Å². The predicted molar refractivity (Wildman–Crippen MR) is 153 cm³/mol. The molecular formula is C27H36Cl2N3O5P. The fourth-order valence-electron chi connectivity index (χ4n) is 4.98. The van der Waals surface area contributed by atoms with E-state index in [4.69, 9.17) is 32.5 Å². The third-order valence-electron chi connectivity index (χ3n) is 7.00. The Morgan fingerprint density at radius 2 is 1.76 bits per heavy atom. The van der Waals surface area contributed by atoms with Crippen molar-refractivity contribution in [1.29, 1.82) is 0 Å². The molecular weight excluding hydrogens is 548 g/mol. The lowest BCUT2D eigenvalue weighted by Crippen LogP contribution is -2.46. The minimum Gasteiger partial charge on any atom is -0.494 e. The Balaban J connectivity index is 1.25. The van der Waals surface area contributed by atoms with Gasteiger partial charge in [0.05, 0.1) is 28.0 Å². The summed E-state index contributed by atoms with van der Waals surface area (Å²) in [6.45, 7) is 9.13. The standard InChI is InChI=1S/C27H36Cl2N3O5P/c1-19(2)27(37-38(34)35)32-24-18-21(10-8-20(24)9-11-25(32)33)36-17-4-3-12-30-13-15-31(16-14-30)23-7-5-6-22(28)26(23)29/h5-8,10,18-19,27,34-35H,3-4,9,11-17H2,1-2H3. The van der Waals surface area contributed by atoms with Gasteiger partial charge in [-0.25, -0.2) is 0 Å². The van der Waals surface area contributed by atoms with Gasteiger partial charge in [0.25, 0.3) is 0 Å². The van der Waals surface area contributed by atoms with E-state index in [2.05, 4.69) is 9.80 Å². The summed E-state index contributed by atoms with van der Waals surface area (Å²) >= 11 is 12.6. The highest BCUT2D eigenvalue weighted by Gasteiger charge is 2.34. The molecule has 2 aliphatic heterocycles. The molecule has 1 amide bonds. The van der Waals surface area contributed by atoms with Crippen molar-refractivity contribution in [3.8, 4) is 5.75 Å². The molecule has 2 aliphatic rings. The monoisotopic (exact) mass is 583 g/mol. The lowest BCUT2D eigenvalue weighted by Gasteiger charge is -2.37. The molecule has 0 spiro atoms. The highest BCUT2D eigenvalue weighted by molar-refractivity contribution is 7.39. The van der Waals surface area contributed by atoms with Gasteiger partial charge in [-0.1, -0.05) is 49.2 Å². The van der Waals surface area contributed by atoms with Crippen LogP contribution < -0.4 is 14.5 Å². The zero-order chi connectivity index (χ0) is 27.2. The van der Waals surface area contributed by atoms with E-state index >= 15 is 0 Å². The molecule has 11 heteroatoms. The average molecular weight is 584 g/mol. The number of amides is 1. The Morgan fingerprint density at radius 3 is 2.47 bits per heavy atom. The van der Waals surface area contributed by atoms with E-state index in [0.717, 1.165) is 56.8 Å². The zero-order valence-electron chi connectivity index (χ0n) is 21.9. The first kappa shape index (κ1) is 29.3. The number of benzene rings is 2. The summed E-state index contributed by atoms with van der Waals surface area (Å²) in [6.07, 6.45) is 2.17. The summed E-state index contributed by atoms with van der Waals surface area (Å²) in [6, 6.07) is 11.5. The van der Waals surface area contributed by atoms with Crippen molar-refractivity contribution in [3.63, 3.8) is 0 Å². The maximum absolute atomic E-state index is 12.8. The molecule has 0 saturated carbocycles. The Kier molecular flexibility index (Phi) is 10.5. The molecule has 2 heterocycles. The number of aryl methyl sites for hydroxylation is 1. The van der Waals surface area contributed by atoms with Crippen molar-refractivity contribution in [3.05, 3.63) is 52.0 Å². The van der Waals surface area contributed by atoms with Crippen LogP contribution in [0.3, 0.4) is 0 Å².